The van der Waals surface area contributed by atoms with Crippen LogP contribution in [0.5, 0.6) is 0 Å². The van der Waals surface area contributed by atoms with Crippen molar-refractivity contribution in [1.29, 1.82) is 0 Å². The molecule has 0 saturated carbocycles. The SMILES string of the molecule is CN=C(NCc1ccc(C(=O)OC)cc1)NC1CCN(c2ncccc2Cl)C1.I. The van der Waals surface area contributed by atoms with Crippen LogP contribution in [0.4, 0.5) is 5.82 Å². The van der Waals surface area contributed by atoms with Crippen LogP contribution < -0.4 is 15.5 Å². The van der Waals surface area contributed by atoms with Gasteiger partial charge in [-0.05, 0) is 36.2 Å². The predicted molar refractivity (Wildman–Crippen MR) is 126 cm³/mol. The number of hydrogen-bond donors (Lipinski definition) is 2. The maximum Gasteiger partial charge on any atom is 0.337 e. The standard InChI is InChI=1S/C20H24ClN5O2.HI/c1-22-20(24-12-14-5-7-15(8-6-14)19(27)28-2)25-16-9-11-26(13-16)18-17(21)4-3-10-23-18;/h3-8,10,16H,9,11-13H2,1-2H3,(H2,22,24,25);1H. The van der Waals surface area contributed by atoms with Crippen LogP contribution in [0.1, 0.15) is 22.3 Å². The lowest BCUT2D eigenvalue weighted by Gasteiger charge is -2.20. The number of nitrogens with zero attached hydrogens (tertiary/aromatic N) is 3. The average Bonchev–Trinajstić information content (AvgIpc) is 3.19. The average molecular weight is 530 g/mol. The fourth-order valence-electron chi connectivity index (χ4n) is 3.13. The number of methoxy groups -OCH3 is 1. The Balaban J connectivity index is 0.00000300. The second-order valence-corrected chi connectivity index (χ2v) is 6.91. The van der Waals surface area contributed by atoms with Gasteiger partial charge in [-0.2, -0.15) is 0 Å². The fraction of sp³-hybridized carbons (Fsp3) is 0.350. The predicted octanol–water partition coefficient (Wildman–Crippen LogP) is 3.08. The normalized spacial score (nSPS) is 16.2. The molecule has 1 fully saturated rings. The molecular weight excluding hydrogens is 505 g/mol. The molecule has 29 heavy (non-hydrogen) atoms. The number of nitrogens with one attached hydrogen (secondary N) is 2. The van der Waals surface area contributed by atoms with Crippen LogP contribution in [0.25, 0.3) is 0 Å². The van der Waals surface area contributed by atoms with Gasteiger partial charge in [0.15, 0.2) is 5.96 Å². The van der Waals surface area contributed by atoms with Crippen molar-refractivity contribution in [2.24, 2.45) is 4.99 Å². The summed E-state index contributed by atoms with van der Waals surface area (Å²) in [7, 11) is 3.12. The van der Waals surface area contributed by atoms with E-state index < -0.39 is 0 Å². The van der Waals surface area contributed by atoms with Gasteiger partial charge in [-0.15, -0.1) is 24.0 Å². The summed E-state index contributed by atoms with van der Waals surface area (Å²) < 4.78 is 4.71. The molecule has 1 aliphatic heterocycles. The molecule has 0 bridgehead atoms. The van der Waals surface area contributed by atoms with E-state index in [4.69, 9.17) is 16.3 Å². The second-order valence-electron chi connectivity index (χ2n) is 6.50. The number of guanidine groups is 1. The van der Waals surface area contributed by atoms with Gasteiger partial charge < -0.3 is 20.3 Å². The zero-order chi connectivity index (χ0) is 19.9. The number of ether oxygens (including phenoxy) is 1. The monoisotopic (exact) mass is 529 g/mol. The summed E-state index contributed by atoms with van der Waals surface area (Å²) in [6.45, 7) is 2.30. The van der Waals surface area contributed by atoms with Crippen molar-refractivity contribution in [2.45, 2.75) is 19.0 Å². The van der Waals surface area contributed by atoms with Crippen molar-refractivity contribution in [3.63, 3.8) is 0 Å². The lowest BCUT2D eigenvalue weighted by molar-refractivity contribution is 0.0600. The Morgan fingerprint density at radius 1 is 1.34 bits per heavy atom. The highest BCUT2D eigenvalue weighted by Crippen LogP contribution is 2.25. The molecule has 7 nitrogen and oxygen atoms in total. The Bertz CT molecular complexity index is 847. The molecule has 2 aromatic rings. The number of benzene rings is 1. The number of esters is 1. The smallest absolute Gasteiger partial charge is 0.337 e. The van der Waals surface area contributed by atoms with Crippen LogP contribution in [-0.2, 0) is 11.3 Å². The van der Waals surface area contributed by atoms with Crippen LogP contribution >= 0.6 is 35.6 Å². The summed E-state index contributed by atoms with van der Waals surface area (Å²) in [5.41, 5.74) is 1.58. The van der Waals surface area contributed by atoms with Crippen molar-refractivity contribution in [1.82, 2.24) is 15.6 Å². The van der Waals surface area contributed by atoms with E-state index in [9.17, 15) is 4.79 Å². The number of rotatable bonds is 5. The summed E-state index contributed by atoms with van der Waals surface area (Å²) in [6, 6.07) is 11.2. The first-order valence-electron chi connectivity index (χ1n) is 9.10. The third kappa shape index (κ3) is 6.20. The van der Waals surface area contributed by atoms with Crippen molar-refractivity contribution in [3.8, 4) is 0 Å². The first kappa shape index (κ1) is 23.2. The third-order valence-corrected chi connectivity index (χ3v) is 4.92. The fourth-order valence-corrected chi connectivity index (χ4v) is 3.37. The quantitative estimate of drug-likeness (QED) is 0.268. The van der Waals surface area contributed by atoms with Gasteiger partial charge in [0, 0.05) is 38.9 Å². The summed E-state index contributed by atoms with van der Waals surface area (Å²) in [4.78, 5) is 22.4. The van der Waals surface area contributed by atoms with Gasteiger partial charge in [0.05, 0.1) is 17.7 Å². The Morgan fingerprint density at radius 3 is 2.76 bits per heavy atom. The van der Waals surface area contributed by atoms with E-state index in [2.05, 4.69) is 25.5 Å². The number of hydrogen-bond acceptors (Lipinski definition) is 5. The number of aromatic nitrogens is 1. The minimum Gasteiger partial charge on any atom is -0.465 e. The molecule has 2 N–H and O–H groups in total. The highest BCUT2D eigenvalue weighted by molar-refractivity contribution is 14.0. The molecule has 0 radical (unpaired) electrons. The number of carbonyl (C=O) groups is 1. The van der Waals surface area contributed by atoms with E-state index in [-0.39, 0.29) is 36.0 Å². The maximum atomic E-state index is 11.5. The summed E-state index contributed by atoms with van der Waals surface area (Å²) in [5, 5.41) is 7.42. The first-order valence-corrected chi connectivity index (χ1v) is 9.48. The Kier molecular flexibility index (Phi) is 8.97. The number of halogens is 2. The van der Waals surface area contributed by atoms with Gasteiger partial charge in [0.25, 0.3) is 0 Å². The van der Waals surface area contributed by atoms with Gasteiger partial charge in [-0.25, -0.2) is 9.78 Å². The molecule has 1 aliphatic rings. The van der Waals surface area contributed by atoms with E-state index in [0.717, 1.165) is 36.9 Å². The van der Waals surface area contributed by atoms with Gasteiger partial charge >= 0.3 is 5.97 Å². The van der Waals surface area contributed by atoms with E-state index in [1.54, 1.807) is 25.4 Å². The summed E-state index contributed by atoms with van der Waals surface area (Å²) in [5.74, 6) is 1.22. The topological polar surface area (TPSA) is 78.8 Å². The van der Waals surface area contributed by atoms with Crippen LogP contribution in [0.3, 0.4) is 0 Å². The molecule has 0 amide bonds. The number of aliphatic imine (C=N–C) groups is 1. The minimum atomic E-state index is -0.337. The minimum absolute atomic E-state index is 0. The zero-order valence-electron chi connectivity index (χ0n) is 16.4. The van der Waals surface area contributed by atoms with Gasteiger partial charge in [0.2, 0.25) is 0 Å². The van der Waals surface area contributed by atoms with E-state index >= 15 is 0 Å². The molecule has 156 valence electrons. The van der Waals surface area contributed by atoms with Crippen LogP contribution in [0.15, 0.2) is 47.6 Å². The number of anilines is 1. The molecule has 3 rings (SSSR count). The summed E-state index contributed by atoms with van der Waals surface area (Å²) in [6.07, 6.45) is 2.73. The van der Waals surface area contributed by atoms with Crippen molar-refractivity contribution in [2.75, 3.05) is 32.1 Å². The molecule has 9 heteroatoms. The number of pyridine rings is 1. The first-order chi connectivity index (χ1) is 13.6. The van der Waals surface area contributed by atoms with E-state index in [1.807, 2.05) is 24.3 Å². The molecular formula is C20H25ClIN5O2. The van der Waals surface area contributed by atoms with Crippen LogP contribution in [-0.4, -0.2) is 50.2 Å². The lowest BCUT2D eigenvalue weighted by atomic mass is 10.1. The molecule has 1 atom stereocenters. The molecule has 1 aromatic carbocycles. The Morgan fingerprint density at radius 2 is 2.10 bits per heavy atom. The van der Waals surface area contributed by atoms with Crippen LogP contribution in [0.2, 0.25) is 5.02 Å². The molecule has 0 spiro atoms. The molecule has 1 saturated heterocycles. The molecule has 0 aliphatic carbocycles. The van der Waals surface area contributed by atoms with Crippen molar-refractivity contribution < 1.29 is 9.53 Å². The third-order valence-electron chi connectivity index (χ3n) is 4.63. The zero-order valence-corrected chi connectivity index (χ0v) is 19.5. The highest BCUT2D eigenvalue weighted by Gasteiger charge is 2.25. The highest BCUT2D eigenvalue weighted by atomic mass is 127. The van der Waals surface area contributed by atoms with Crippen molar-refractivity contribution >= 4 is 53.3 Å². The maximum absolute atomic E-state index is 11.5. The molecule has 2 heterocycles. The van der Waals surface area contributed by atoms with Crippen LogP contribution in [0, 0.1) is 0 Å². The van der Waals surface area contributed by atoms with Gasteiger partial charge in [0.1, 0.15) is 5.82 Å². The molecule has 1 unspecified atom stereocenters. The second kappa shape index (κ2) is 11.2. The Hall–Kier alpha value is -2.07. The van der Waals surface area contributed by atoms with E-state index in [0.29, 0.717) is 17.1 Å². The molecule has 1 aromatic heterocycles. The number of carbonyl (C=O) groups excluding carboxylic acids is 1. The lowest BCUT2D eigenvalue weighted by Crippen LogP contribution is -2.44. The van der Waals surface area contributed by atoms with Gasteiger partial charge in [-0.1, -0.05) is 23.7 Å². The summed E-state index contributed by atoms with van der Waals surface area (Å²) >= 11 is 6.25. The van der Waals surface area contributed by atoms with Crippen molar-refractivity contribution in [3.05, 3.63) is 58.7 Å². The van der Waals surface area contributed by atoms with Gasteiger partial charge in [-0.3, -0.25) is 4.99 Å². The largest absolute Gasteiger partial charge is 0.465 e. The van der Waals surface area contributed by atoms with E-state index in [1.165, 1.54) is 7.11 Å². The Labute approximate surface area is 192 Å².